The molecule has 4 aliphatic carbocycles. The van der Waals surface area contributed by atoms with Crippen LogP contribution in [-0.4, -0.2) is 18.0 Å². The third-order valence-corrected chi connectivity index (χ3v) is 10.5. The van der Waals surface area contributed by atoms with Crippen LogP contribution in [0, 0.1) is 34.5 Å². The number of hydrogen-bond acceptors (Lipinski definition) is 4. The summed E-state index contributed by atoms with van der Waals surface area (Å²) in [6.45, 7) is 8.47. The molecule has 4 heteroatoms. The van der Waals surface area contributed by atoms with Crippen LogP contribution in [0.5, 0.6) is 0 Å². The number of allylic oxidation sites excluding steroid dienone is 1. The standard InChI is InChI=1S/C31H42O4/c1-5-28(21-9-7-6-8-10-21)35-29(33)27-14-13-25-24-12-11-22-19-23(34-20(2)32)15-17-30(22,3)26(24)16-18-31(25,27)4/h6-11,23-28H,5,12-19H2,1-4H3/t23-,24-,25-,26-,27+,28-,30-,31-/m0/s1. The van der Waals surface area contributed by atoms with Crippen LogP contribution in [0.15, 0.2) is 42.0 Å². The molecule has 0 heterocycles. The minimum absolute atomic E-state index is 0.00379. The zero-order valence-corrected chi connectivity index (χ0v) is 21.9. The minimum atomic E-state index is -0.164. The first-order valence-corrected chi connectivity index (χ1v) is 13.9. The largest absolute Gasteiger partial charge is 0.462 e. The molecule has 0 unspecified atom stereocenters. The maximum Gasteiger partial charge on any atom is 0.310 e. The summed E-state index contributed by atoms with van der Waals surface area (Å²) in [7, 11) is 0. The molecule has 0 saturated heterocycles. The summed E-state index contributed by atoms with van der Waals surface area (Å²) in [5.74, 6) is 1.75. The van der Waals surface area contributed by atoms with Crippen LogP contribution in [0.25, 0.3) is 0 Å². The fraction of sp³-hybridized carbons (Fsp3) is 0.677. The number of carbonyl (C=O) groups excluding carboxylic acids is 2. The number of esters is 2. The predicted octanol–water partition coefficient (Wildman–Crippen LogP) is 7.19. The summed E-state index contributed by atoms with van der Waals surface area (Å²) < 4.78 is 11.8. The summed E-state index contributed by atoms with van der Waals surface area (Å²) in [6.07, 6.45) is 11.6. The van der Waals surface area contributed by atoms with E-state index in [2.05, 4.69) is 39.0 Å². The molecular formula is C31H42O4. The normalized spacial score (nSPS) is 38.9. The molecule has 5 rings (SSSR count). The Hall–Kier alpha value is -2.10. The number of carbonyl (C=O) groups is 2. The van der Waals surface area contributed by atoms with Gasteiger partial charge in [-0.1, -0.05) is 62.8 Å². The Labute approximate surface area is 210 Å². The lowest BCUT2D eigenvalue weighted by molar-refractivity contribution is -0.162. The first-order chi connectivity index (χ1) is 16.8. The Balaban J connectivity index is 1.31. The monoisotopic (exact) mass is 478 g/mol. The third kappa shape index (κ3) is 4.25. The van der Waals surface area contributed by atoms with Crippen molar-refractivity contribution in [1.82, 2.24) is 0 Å². The third-order valence-electron chi connectivity index (χ3n) is 10.5. The molecule has 1 aromatic rings. The fourth-order valence-corrected chi connectivity index (χ4v) is 8.63. The van der Waals surface area contributed by atoms with E-state index in [1.54, 1.807) is 0 Å². The summed E-state index contributed by atoms with van der Waals surface area (Å²) in [5.41, 5.74) is 2.85. The Morgan fingerprint density at radius 2 is 1.80 bits per heavy atom. The average Bonchev–Trinajstić information content (AvgIpc) is 3.20. The first kappa shape index (κ1) is 24.6. The molecule has 0 radical (unpaired) electrons. The molecule has 8 atom stereocenters. The molecule has 4 aliphatic rings. The lowest BCUT2D eigenvalue weighted by Crippen LogP contribution is -2.51. The summed E-state index contributed by atoms with van der Waals surface area (Å²) in [4.78, 5) is 25.1. The van der Waals surface area contributed by atoms with Crippen LogP contribution in [0.3, 0.4) is 0 Å². The van der Waals surface area contributed by atoms with Crippen molar-refractivity contribution in [3.05, 3.63) is 47.5 Å². The van der Waals surface area contributed by atoms with Gasteiger partial charge in [-0.05, 0) is 85.5 Å². The molecule has 0 amide bonds. The van der Waals surface area contributed by atoms with Crippen LogP contribution in [0.4, 0.5) is 0 Å². The quantitative estimate of drug-likeness (QED) is 0.332. The van der Waals surface area contributed by atoms with Crippen molar-refractivity contribution in [1.29, 1.82) is 0 Å². The summed E-state index contributed by atoms with van der Waals surface area (Å²) in [6, 6.07) is 10.2. The molecule has 0 spiro atoms. The lowest BCUT2D eigenvalue weighted by Gasteiger charge is -2.57. The van der Waals surface area contributed by atoms with Crippen LogP contribution < -0.4 is 0 Å². The molecule has 190 valence electrons. The number of benzene rings is 1. The highest BCUT2D eigenvalue weighted by Crippen LogP contribution is 2.66. The number of ether oxygens (including phenoxy) is 2. The van der Waals surface area contributed by atoms with Gasteiger partial charge < -0.3 is 9.47 Å². The Bertz CT molecular complexity index is 983. The molecule has 3 saturated carbocycles. The summed E-state index contributed by atoms with van der Waals surface area (Å²) >= 11 is 0. The lowest BCUT2D eigenvalue weighted by atomic mass is 9.47. The number of fused-ring (bicyclic) bond motifs is 5. The molecule has 1 aromatic carbocycles. The molecule has 4 nitrogen and oxygen atoms in total. The van der Waals surface area contributed by atoms with Gasteiger partial charge in [-0.3, -0.25) is 9.59 Å². The second-order valence-electron chi connectivity index (χ2n) is 12.2. The van der Waals surface area contributed by atoms with Crippen molar-refractivity contribution >= 4 is 11.9 Å². The van der Waals surface area contributed by atoms with E-state index < -0.39 is 0 Å². The SMILES string of the molecule is CC[C@H](OC(=O)[C@H]1CC[C@H]2[C@@H]3CC=C4C[C@@H](OC(C)=O)CC[C@]4(C)[C@H]3CC[C@]12C)c1ccccc1. The van der Waals surface area contributed by atoms with E-state index in [-0.39, 0.29) is 40.9 Å². The van der Waals surface area contributed by atoms with E-state index in [1.165, 1.54) is 18.9 Å². The summed E-state index contributed by atoms with van der Waals surface area (Å²) in [5, 5.41) is 0. The van der Waals surface area contributed by atoms with Gasteiger partial charge in [0.1, 0.15) is 12.2 Å². The van der Waals surface area contributed by atoms with E-state index in [1.807, 2.05) is 18.2 Å². The van der Waals surface area contributed by atoms with Crippen molar-refractivity contribution in [2.45, 2.75) is 97.7 Å². The second-order valence-corrected chi connectivity index (χ2v) is 12.2. The van der Waals surface area contributed by atoms with E-state index in [0.717, 1.165) is 56.9 Å². The van der Waals surface area contributed by atoms with Crippen LogP contribution in [0.1, 0.15) is 97.1 Å². The Kier molecular flexibility index (Phi) is 6.61. The van der Waals surface area contributed by atoms with Crippen LogP contribution in [-0.2, 0) is 19.1 Å². The van der Waals surface area contributed by atoms with Gasteiger partial charge in [-0.25, -0.2) is 0 Å². The van der Waals surface area contributed by atoms with E-state index in [9.17, 15) is 9.59 Å². The molecule has 0 N–H and O–H groups in total. The maximum absolute atomic E-state index is 13.5. The number of rotatable bonds is 5. The zero-order chi connectivity index (χ0) is 24.8. The number of hydrogen-bond donors (Lipinski definition) is 0. The highest BCUT2D eigenvalue weighted by atomic mass is 16.5. The Morgan fingerprint density at radius 1 is 1.03 bits per heavy atom. The van der Waals surface area contributed by atoms with Crippen LogP contribution >= 0.6 is 0 Å². The van der Waals surface area contributed by atoms with Crippen molar-refractivity contribution in [2.75, 3.05) is 0 Å². The van der Waals surface area contributed by atoms with Gasteiger partial charge in [-0.15, -0.1) is 0 Å². The topological polar surface area (TPSA) is 52.6 Å². The van der Waals surface area contributed by atoms with E-state index in [0.29, 0.717) is 17.8 Å². The highest BCUT2D eigenvalue weighted by Gasteiger charge is 2.60. The molecule has 0 aliphatic heterocycles. The highest BCUT2D eigenvalue weighted by molar-refractivity contribution is 5.74. The first-order valence-electron chi connectivity index (χ1n) is 13.9. The van der Waals surface area contributed by atoms with Gasteiger partial charge in [0.25, 0.3) is 0 Å². The van der Waals surface area contributed by atoms with Gasteiger partial charge in [0.2, 0.25) is 0 Å². The molecule has 0 aromatic heterocycles. The van der Waals surface area contributed by atoms with Gasteiger partial charge in [0.05, 0.1) is 5.92 Å². The van der Waals surface area contributed by atoms with Crippen molar-refractivity contribution in [3.8, 4) is 0 Å². The van der Waals surface area contributed by atoms with Gasteiger partial charge >= 0.3 is 11.9 Å². The Morgan fingerprint density at radius 3 is 2.51 bits per heavy atom. The maximum atomic E-state index is 13.5. The van der Waals surface area contributed by atoms with Crippen molar-refractivity contribution in [2.24, 2.45) is 34.5 Å². The smallest absolute Gasteiger partial charge is 0.310 e. The molecule has 3 fully saturated rings. The van der Waals surface area contributed by atoms with E-state index in [4.69, 9.17) is 9.47 Å². The fourth-order valence-electron chi connectivity index (χ4n) is 8.63. The zero-order valence-electron chi connectivity index (χ0n) is 21.9. The van der Waals surface area contributed by atoms with Gasteiger partial charge in [-0.2, -0.15) is 0 Å². The predicted molar refractivity (Wildman–Crippen MR) is 136 cm³/mol. The van der Waals surface area contributed by atoms with Gasteiger partial charge in [0, 0.05) is 13.3 Å². The molecular weight excluding hydrogens is 436 g/mol. The molecule has 0 bridgehead atoms. The van der Waals surface area contributed by atoms with Gasteiger partial charge in [0.15, 0.2) is 0 Å². The molecule has 35 heavy (non-hydrogen) atoms. The van der Waals surface area contributed by atoms with Crippen LogP contribution in [0.2, 0.25) is 0 Å². The van der Waals surface area contributed by atoms with E-state index >= 15 is 0 Å². The second kappa shape index (κ2) is 9.41. The average molecular weight is 479 g/mol. The minimum Gasteiger partial charge on any atom is -0.462 e. The van der Waals surface area contributed by atoms with Crippen molar-refractivity contribution < 1.29 is 19.1 Å². The van der Waals surface area contributed by atoms with Crippen molar-refractivity contribution in [3.63, 3.8) is 0 Å².